The van der Waals surface area contributed by atoms with Crippen LogP contribution in [0.3, 0.4) is 0 Å². The Labute approximate surface area is 119 Å². The molecule has 0 aliphatic heterocycles. The summed E-state index contributed by atoms with van der Waals surface area (Å²) in [7, 11) is 0. The Balaban J connectivity index is 1.74. The maximum Gasteiger partial charge on any atom is 0.253 e. The van der Waals surface area contributed by atoms with Crippen LogP contribution in [-0.2, 0) is 9.63 Å². The highest BCUT2D eigenvalue weighted by molar-refractivity contribution is 8.00. The number of thioether (sulfide) groups is 1. The average molecular weight is 279 g/mol. The topological polar surface area (TPSA) is 38.3 Å². The molecule has 3 nitrogen and oxygen atoms in total. The van der Waals surface area contributed by atoms with Crippen molar-refractivity contribution in [2.45, 2.75) is 50.5 Å². The maximum atomic E-state index is 11.7. The number of rotatable bonds is 5. The molecule has 1 aromatic rings. The fourth-order valence-electron chi connectivity index (χ4n) is 2.19. The normalized spacial score (nSPS) is 15.7. The standard InChI is InChI=1S/C15H21NO2S/c1-11-7-8-12(2)14(9-11)19-10-15(17)16-18-13-5-3-4-6-13/h7-9,13H,3-6,10H2,1-2H3,(H,16,17). The number of amides is 1. The summed E-state index contributed by atoms with van der Waals surface area (Å²) in [6, 6.07) is 6.29. The first-order chi connectivity index (χ1) is 9.15. The number of carbonyl (C=O) groups excluding carboxylic acids is 1. The summed E-state index contributed by atoms with van der Waals surface area (Å²) >= 11 is 1.56. The van der Waals surface area contributed by atoms with Gasteiger partial charge in [0.25, 0.3) is 5.91 Å². The van der Waals surface area contributed by atoms with E-state index in [0.29, 0.717) is 5.75 Å². The molecule has 0 bridgehead atoms. The molecule has 4 heteroatoms. The molecule has 1 aliphatic rings. The van der Waals surface area contributed by atoms with Crippen LogP contribution in [0.1, 0.15) is 36.8 Å². The molecule has 1 aliphatic carbocycles. The molecule has 1 aromatic carbocycles. The van der Waals surface area contributed by atoms with Gasteiger partial charge in [0.1, 0.15) is 0 Å². The Morgan fingerprint density at radius 3 is 2.84 bits per heavy atom. The van der Waals surface area contributed by atoms with E-state index >= 15 is 0 Å². The molecule has 19 heavy (non-hydrogen) atoms. The zero-order valence-electron chi connectivity index (χ0n) is 11.6. The van der Waals surface area contributed by atoms with Crippen molar-refractivity contribution in [1.82, 2.24) is 5.48 Å². The van der Waals surface area contributed by atoms with Crippen LogP contribution in [0.2, 0.25) is 0 Å². The van der Waals surface area contributed by atoms with Gasteiger partial charge in [0.15, 0.2) is 0 Å². The van der Waals surface area contributed by atoms with Crippen LogP contribution in [0.4, 0.5) is 0 Å². The van der Waals surface area contributed by atoms with Gasteiger partial charge >= 0.3 is 0 Å². The van der Waals surface area contributed by atoms with Gasteiger partial charge in [-0.3, -0.25) is 9.63 Å². The molecule has 0 radical (unpaired) electrons. The number of hydrogen-bond donors (Lipinski definition) is 1. The molecule has 0 spiro atoms. The Morgan fingerprint density at radius 1 is 1.37 bits per heavy atom. The Hall–Kier alpha value is -1.00. The second-order valence-electron chi connectivity index (χ2n) is 5.11. The van der Waals surface area contributed by atoms with E-state index in [0.717, 1.165) is 17.7 Å². The lowest BCUT2D eigenvalue weighted by atomic mass is 10.2. The lowest BCUT2D eigenvalue weighted by molar-refractivity contribution is -0.135. The zero-order valence-corrected chi connectivity index (χ0v) is 12.4. The van der Waals surface area contributed by atoms with E-state index in [2.05, 4.69) is 37.5 Å². The number of aryl methyl sites for hydroxylation is 2. The van der Waals surface area contributed by atoms with Gasteiger partial charge in [-0.15, -0.1) is 11.8 Å². The number of hydroxylamine groups is 1. The van der Waals surface area contributed by atoms with Crippen LogP contribution in [0, 0.1) is 13.8 Å². The minimum absolute atomic E-state index is 0.0576. The lowest BCUT2D eigenvalue weighted by Gasteiger charge is -2.11. The summed E-state index contributed by atoms with van der Waals surface area (Å²) in [6.07, 6.45) is 4.75. The third kappa shape index (κ3) is 4.55. The van der Waals surface area contributed by atoms with Gasteiger partial charge in [-0.25, -0.2) is 5.48 Å². The Kier molecular flexibility index (Phi) is 5.28. The van der Waals surface area contributed by atoms with Gasteiger partial charge in [-0.05, 0) is 38.3 Å². The minimum Gasteiger partial charge on any atom is -0.272 e. The van der Waals surface area contributed by atoms with E-state index < -0.39 is 0 Å². The zero-order chi connectivity index (χ0) is 13.7. The number of carbonyl (C=O) groups is 1. The highest BCUT2D eigenvalue weighted by atomic mass is 32.2. The summed E-state index contributed by atoms with van der Waals surface area (Å²) < 4.78 is 0. The van der Waals surface area contributed by atoms with Crippen molar-refractivity contribution in [1.29, 1.82) is 0 Å². The second kappa shape index (κ2) is 6.96. The van der Waals surface area contributed by atoms with E-state index in [1.807, 2.05) is 0 Å². The molecule has 0 heterocycles. The predicted molar refractivity (Wildman–Crippen MR) is 78.1 cm³/mol. The fourth-order valence-corrected chi connectivity index (χ4v) is 3.10. The van der Waals surface area contributed by atoms with Crippen molar-refractivity contribution in [3.8, 4) is 0 Å². The fraction of sp³-hybridized carbons (Fsp3) is 0.533. The molecule has 0 saturated heterocycles. The molecule has 1 amide bonds. The Morgan fingerprint density at radius 2 is 2.11 bits per heavy atom. The van der Waals surface area contributed by atoms with Crippen molar-refractivity contribution >= 4 is 17.7 Å². The minimum atomic E-state index is -0.0576. The third-order valence-electron chi connectivity index (χ3n) is 3.34. The quantitative estimate of drug-likeness (QED) is 0.663. The van der Waals surface area contributed by atoms with Crippen LogP contribution < -0.4 is 5.48 Å². The summed E-state index contributed by atoms with van der Waals surface area (Å²) in [5.41, 5.74) is 5.00. The summed E-state index contributed by atoms with van der Waals surface area (Å²) in [4.78, 5) is 18.3. The van der Waals surface area contributed by atoms with Crippen LogP contribution in [0.25, 0.3) is 0 Å². The molecule has 104 valence electrons. The van der Waals surface area contributed by atoms with Crippen LogP contribution in [0.15, 0.2) is 23.1 Å². The highest BCUT2D eigenvalue weighted by Crippen LogP contribution is 2.23. The van der Waals surface area contributed by atoms with E-state index in [9.17, 15) is 4.79 Å². The molecule has 0 atom stereocenters. The second-order valence-corrected chi connectivity index (χ2v) is 6.12. The van der Waals surface area contributed by atoms with Gasteiger partial charge in [0.2, 0.25) is 0 Å². The summed E-state index contributed by atoms with van der Waals surface area (Å²) in [5.74, 6) is 0.342. The molecular formula is C15H21NO2S. The summed E-state index contributed by atoms with van der Waals surface area (Å²) in [6.45, 7) is 4.13. The lowest BCUT2D eigenvalue weighted by Crippen LogP contribution is -2.29. The average Bonchev–Trinajstić information content (AvgIpc) is 2.90. The highest BCUT2D eigenvalue weighted by Gasteiger charge is 2.16. The smallest absolute Gasteiger partial charge is 0.253 e. The van der Waals surface area contributed by atoms with Crippen LogP contribution in [-0.4, -0.2) is 17.8 Å². The first-order valence-corrected chi connectivity index (χ1v) is 7.78. The van der Waals surface area contributed by atoms with E-state index in [1.165, 1.54) is 24.0 Å². The SMILES string of the molecule is Cc1ccc(C)c(SCC(=O)NOC2CCCC2)c1. The van der Waals surface area contributed by atoms with E-state index in [-0.39, 0.29) is 12.0 Å². The van der Waals surface area contributed by atoms with Crippen LogP contribution in [0.5, 0.6) is 0 Å². The maximum absolute atomic E-state index is 11.7. The largest absolute Gasteiger partial charge is 0.272 e. The number of hydrogen-bond acceptors (Lipinski definition) is 3. The Bertz CT molecular complexity index is 442. The monoisotopic (exact) mass is 279 g/mol. The van der Waals surface area contributed by atoms with Gasteiger partial charge in [-0.1, -0.05) is 30.5 Å². The van der Waals surface area contributed by atoms with Gasteiger partial charge in [0, 0.05) is 4.90 Å². The predicted octanol–water partition coefficient (Wildman–Crippen LogP) is 3.39. The molecule has 1 saturated carbocycles. The number of nitrogens with one attached hydrogen (secondary N) is 1. The van der Waals surface area contributed by atoms with Crippen molar-refractivity contribution in [3.05, 3.63) is 29.3 Å². The first-order valence-electron chi connectivity index (χ1n) is 6.79. The van der Waals surface area contributed by atoms with Gasteiger partial charge in [-0.2, -0.15) is 0 Å². The van der Waals surface area contributed by atoms with Crippen molar-refractivity contribution < 1.29 is 9.63 Å². The molecular weight excluding hydrogens is 258 g/mol. The first kappa shape index (κ1) is 14.4. The molecule has 1 fully saturated rings. The molecule has 1 N–H and O–H groups in total. The van der Waals surface area contributed by atoms with Crippen molar-refractivity contribution in [2.75, 3.05) is 5.75 Å². The van der Waals surface area contributed by atoms with Crippen molar-refractivity contribution in [2.24, 2.45) is 0 Å². The van der Waals surface area contributed by atoms with Crippen LogP contribution >= 0.6 is 11.8 Å². The molecule has 0 aromatic heterocycles. The van der Waals surface area contributed by atoms with E-state index in [1.54, 1.807) is 11.8 Å². The summed E-state index contributed by atoms with van der Waals surface area (Å²) in [5, 5.41) is 0. The van der Waals surface area contributed by atoms with Crippen molar-refractivity contribution in [3.63, 3.8) is 0 Å². The van der Waals surface area contributed by atoms with Gasteiger partial charge in [0.05, 0.1) is 11.9 Å². The third-order valence-corrected chi connectivity index (χ3v) is 4.50. The number of benzene rings is 1. The van der Waals surface area contributed by atoms with E-state index in [4.69, 9.17) is 4.84 Å². The van der Waals surface area contributed by atoms with Gasteiger partial charge < -0.3 is 0 Å². The molecule has 2 rings (SSSR count). The molecule has 0 unspecified atom stereocenters.